The zero-order valence-electron chi connectivity index (χ0n) is 12.3. The highest BCUT2D eigenvalue weighted by Crippen LogP contribution is 2.29. The molecule has 0 aromatic heterocycles. The lowest BCUT2D eigenvalue weighted by Crippen LogP contribution is -2.62. The highest BCUT2D eigenvalue weighted by atomic mass is 16.5. The quantitative estimate of drug-likeness (QED) is 0.904. The van der Waals surface area contributed by atoms with Gasteiger partial charge < -0.3 is 9.84 Å². The highest BCUT2D eigenvalue weighted by molar-refractivity contribution is 5.31. The van der Waals surface area contributed by atoms with Crippen molar-refractivity contribution in [3.63, 3.8) is 0 Å². The van der Waals surface area contributed by atoms with Crippen molar-refractivity contribution < 1.29 is 9.84 Å². The Morgan fingerprint density at radius 1 is 1.20 bits per heavy atom. The molecular formula is C16H24N2O2. The molecule has 1 aromatic rings. The average molecular weight is 276 g/mol. The number of nitrogens with zero attached hydrogens (tertiary/aromatic N) is 2. The second kappa shape index (κ2) is 5.72. The van der Waals surface area contributed by atoms with Gasteiger partial charge in [-0.1, -0.05) is 12.1 Å². The van der Waals surface area contributed by atoms with Crippen molar-refractivity contribution in [2.75, 3.05) is 32.7 Å². The van der Waals surface area contributed by atoms with E-state index in [2.05, 4.69) is 9.80 Å². The lowest BCUT2D eigenvalue weighted by molar-refractivity contribution is -0.0471. The molecule has 110 valence electrons. The number of hydrogen-bond acceptors (Lipinski definition) is 4. The van der Waals surface area contributed by atoms with Crippen LogP contribution < -0.4 is 4.74 Å². The van der Waals surface area contributed by atoms with Crippen LogP contribution in [-0.4, -0.2) is 59.8 Å². The SMILES string of the molecule is CC(C)Oc1cccc(C(O)C2CN3CCN2CC3)c1. The molecule has 3 heterocycles. The normalized spacial score (nSPS) is 30.5. The second-order valence-corrected chi connectivity index (χ2v) is 6.09. The molecule has 20 heavy (non-hydrogen) atoms. The highest BCUT2D eigenvalue weighted by Gasteiger charge is 2.36. The molecule has 4 nitrogen and oxygen atoms in total. The van der Waals surface area contributed by atoms with Gasteiger partial charge >= 0.3 is 0 Å². The van der Waals surface area contributed by atoms with E-state index >= 15 is 0 Å². The third-order valence-corrected chi connectivity index (χ3v) is 4.26. The molecule has 4 rings (SSSR count). The van der Waals surface area contributed by atoms with Gasteiger partial charge in [0.15, 0.2) is 0 Å². The van der Waals surface area contributed by atoms with E-state index in [0.29, 0.717) is 0 Å². The maximum absolute atomic E-state index is 10.7. The second-order valence-electron chi connectivity index (χ2n) is 6.09. The molecule has 3 aliphatic rings. The Morgan fingerprint density at radius 2 is 1.95 bits per heavy atom. The van der Waals surface area contributed by atoms with Crippen LogP contribution in [0.2, 0.25) is 0 Å². The van der Waals surface area contributed by atoms with E-state index < -0.39 is 6.10 Å². The Kier molecular flexibility index (Phi) is 3.96. The van der Waals surface area contributed by atoms with Crippen molar-refractivity contribution in [2.24, 2.45) is 0 Å². The van der Waals surface area contributed by atoms with Crippen LogP contribution in [0.3, 0.4) is 0 Å². The fourth-order valence-electron chi connectivity index (χ4n) is 3.22. The summed E-state index contributed by atoms with van der Waals surface area (Å²) in [6, 6.07) is 8.10. The molecule has 1 aromatic carbocycles. The summed E-state index contributed by atoms with van der Waals surface area (Å²) in [4.78, 5) is 4.86. The molecule has 0 aliphatic carbocycles. The van der Waals surface area contributed by atoms with Gasteiger partial charge in [0.25, 0.3) is 0 Å². The Balaban J connectivity index is 1.75. The summed E-state index contributed by atoms with van der Waals surface area (Å²) in [5, 5.41) is 10.7. The van der Waals surface area contributed by atoms with Gasteiger partial charge in [-0.25, -0.2) is 0 Å². The first-order valence-corrected chi connectivity index (χ1v) is 7.54. The van der Waals surface area contributed by atoms with E-state index in [4.69, 9.17) is 4.74 Å². The number of ether oxygens (including phenoxy) is 1. The standard InChI is InChI=1S/C16H24N2O2/c1-12(2)20-14-5-3-4-13(10-14)16(19)15-11-17-6-8-18(15)9-7-17/h3-5,10,12,15-16,19H,6-9,11H2,1-2H3. The Morgan fingerprint density at radius 3 is 2.55 bits per heavy atom. The number of hydrogen-bond donors (Lipinski definition) is 1. The van der Waals surface area contributed by atoms with Gasteiger partial charge in [0.05, 0.1) is 18.2 Å². The molecule has 2 atom stereocenters. The Hall–Kier alpha value is -1.10. The van der Waals surface area contributed by atoms with Crippen LogP contribution in [0.5, 0.6) is 5.75 Å². The molecular weight excluding hydrogens is 252 g/mol. The van der Waals surface area contributed by atoms with Gasteiger partial charge in [-0.15, -0.1) is 0 Å². The molecule has 0 radical (unpaired) electrons. The molecule has 1 N–H and O–H groups in total. The van der Waals surface area contributed by atoms with Crippen LogP contribution in [0, 0.1) is 0 Å². The summed E-state index contributed by atoms with van der Waals surface area (Å²) < 4.78 is 5.72. The predicted octanol–water partition coefficient (Wildman–Crippen LogP) is 1.51. The molecule has 2 bridgehead atoms. The van der Waals surface area contributed by atoms with Crippen molar-refractivity contribution >= 4 is 0 Å². The lowest BCUT2D eigenvalue weighted by atomic mass is 9.96. The molecule has 3 saturated heterocycles. The van der Waals surface area contributed by atoms with Crippen LogP contribution in [0.4, 0.5) is 0 Å². The molecule has 3 aliphatic heterocycles. The summed E-state index contributed by atoms with van der Waals surface area (Å²) in [6.07, 6.45) is -0.281. The largest absolute Gasteiger partial charge is 0.491 e. The third-order valence-electron chi connectivity index (χ3n) is 4.26. The zero-order valence-corrected chi connectivity index (χ0v) is 12.3. The van der Waals surface area contributed by atoms with Crippen LogP contribution >= 0.6 is 0 Å². The number of piperazine rings is 3. The van der Waals surface area contributed by atoms with Gasteiger partial charge in [-0.3, -0.25) is 9.80 Å². The molecule has 0 amide bonds. The van der Waals surface area contributed by atoms with Crippen LogP contribution in [0.25, 0.3) is 0 Å². The fraction of sp³-hybridized carbons (Fsp3) is 0.625. The Labute approximate surface area is 120 Å². The summed E-state index contributed by atoms with van der Waals surface area (Å²) in [6.45, 7) is 9.42. The first-order valence-electron chi connectivity index (χ1n) is 7.54. The van der Waals surface area contributed by atoms with Gasteiger partial charge in [0.1, 0.15) is 5.75 Å². The van der Waals surface area contributed by atoms with E-state index in [1.807, 2.05) is 38.1 Å². The summed E-state index contributed by atoms with van der Waals surface area (Å²) in [5.41, 5.74) is 0.960. The number of aliphatic hydroxyl groups is 1. The molecule has 4 heteroatoms. The van der Waals surface area contributed by atoms with Gasteiger partial charge in [-0.2, -0.15) is 0 Å². The third kappa shape index (κ3) is 2.82. The molecule has 0 spiro atoms. The molecule has 0 saturated carbocycles. The topological polar surface area (TPSA) is 35.9 Å². The van der Waals surface area contributed by atoms with E-state index in [1.54, 1.807) is 0 Å². The molecule has 3 fully saturated rings. The lowest BCUT2D eigenvalue weighted by Gasteiger charge is -2.49. The average Bonchev–Trinajstić information content (AvgIpc) is 2.47. The number of benzene rings is 1. The van der Waals surface area contributed by atoms with E-state index in [0.717, 1.165) is 44.0 Å². The maximum Gasteiger partial charge on any atom is 0.120 e. The van der Waals surface area contributed by atoms with E-state index in [-0.39, 0.29) is 12.1 Å². The van der Waals surface area contributed by atoms with Gasteiger partial charge in [-0.05, 0) is 31.5 Å². The van der Waals surface area contributed by atoms with Crippen molar-refractivity contribution in [3.8, 4) is 5.75 Å². The minimum Gasteiger partial charge on any atom is -0.491 e. The maximum atomic E-state index is 10.7. The van der Waals surface area contributed by atoms with Crippen LogP contribution in [0.1, 0.15) is 25.5 Å². The number of aliphatic hydroxyl groups excluding tert-OH is 1. The number of rotatable bonds is 4. The summed E-state index contributed by atoms with van der Waals surface area (Å²) in [5.74, 6) is 0.841. The summed E-state index contributed by atoms with van der Waals surface area (Å²) >= 11 is 0. The number of fused-ring (bicyclic) bond motifs is 3. The van der Waals surface area contributed by atoms with Crippen LogP contribution in [0.15, 0.2) is 24.3 Å². The minimum atomic E-state index is -0.436. The first kappa shape index (κ1) is 13.9. The molecule has 2 unspecified atom stereocenters. The predicted molar refractivity (Wildman–Crippen MR) is 79.0 cm³/mol. The van der Waals surface area contributed by atoms with Crippen LogP contribution in [-0.2, 0) is 0 Å². The van der Waals surface area contributed by atoms with Crippen molar-refractivity contribution in [1.82, 2.24) is 9.80 Å². The van der Waals surface area contributed by atoms with E-state index in [1.165, 1.54) is 0 Å². The minimum absolute atomic E-state index is 0.156. The van der Waals surface area contributed by atoms with Gasteiger partial charge in [0.2, 0.25) is 0 Å². The smallest absolute Gasteiger partial charge is 0.120 e. The van der Waals surface area contributed by atoms with Gasteiger partial charge in [0, 0.05) is 32.7 Å². The fourth-order valence-corrected chi connectivity index (χ4v) is 3.22. The monoisotopic (exact) mass is 276 g/mol. The van der Waals surface area contributed by atoms with E-state index in [9.17, 15) is 5.11 Å². The zero-order chi connectivity index (χ0) is 14.1. The van der Waals surface area contributed by atoms with Crippen molar-refractivity contribution in [3.05, 3.63) is 29.8 Å². The summed E-state index contributed by atoms with van der Waals surface area (Å²) in [7, 11) is 0. The first-order chi connectivity index (χ1) is 9.63. The Bertz CT molecular complexity index is 456. The van der Waals surface area contributed by atoms with Crippen molar-refractivity contribution in [2.45, 2.75) is 32.1 Å². The van der Waals surface area contributed by atoms with Crippen molar-refractivity contribution in [1.29, 1.82) is 0 Å².